The highest BCUT2D eigenvalue weighted by atomic mass is 16.1. The van der Waals surface area contributed by atoms with Gasteiger partial charge in [0.2, 0.25) is 0 Å². The fourth-order valence-electron chi connectivity index (χ4n) is 2.05. The Balaban J connectivity index is 2.67. The number of nitrogens with zero attached hydrogens (tertiary/aromatic N) is 1. The van der Waals surface area contributed by atoms with E-state index in [1.807, 2.05) is 6.92 Å². The minimum atomic E-state index is -0.0332. The van der Waals surface area contributed by atoms with Crippen LogP contribution >= 0.6 is 0 Å². The van der Waals surface area contributed by atoms with Crippen LogP contribution in [0.15, 0.2) is 18.5 Å². The quantitative estimate of drug-likeness (QED) is 0.795. The highest BCUT2D eigenvalue weighted by molar-refractivity contribution is 5.99. The summed E-state index contributed by atoms with van der Waals surface area (Å²) in [4.78, 5) is 16.3. The Morgan fingerprint density at radius 2 is 2.11 bits per heavy atom. The maximum atomic E-state index is 12.2. The number of nitrogens with one attached hydrogen (secondary N) is 2. The van der Waals surface area contributed by atoms with Gasteiger partial charge in [-0.15, -0.1) is 0 Å². The van der Waals surface area contributed by atoms with Gasteiger partial charge in [0.15, 0.2) is 0 Å². The molecule has 1 heterocycles. The SMILES string of the molecule is CCNc1cnccc1C(=O)NC(C)CC(C)CC. The molecule has 0 aliphatic heterocycles. The van der Waals surface area contributed by atoms with Crippen molar-refractivity contribution in [2.75, 3.05) is 11.9 Å². The molecule has 2 N–H and O–H groups in total. The Morgan fingerprint density at radius 3 is 2.74 bits per heavy atom. The second kappa shape index (κ2) is 7.77. The molecule has 1 aromatic heterocycles. The molecule has 0 aromatic carbocycles. The minimum absolute atomic E-state index is 0.0332. The first-order chi connectivity index (χ1) is 9.08. The van der Waals surface area contributed by atoms with Crippen LogP contribution in [-0.4, -0.2) is 23.5 Å². The lowest BCUT2D eigenvalue weighted by molar-refractivity contribution is 0.0936. The van der Waals surface area contributed by atoms with Crippen LogP contribution in [0.3, 0.4) is 0 Å². The fourth-order valence-corrected chi connectivity index (χ4v) is 2.05. The summed E-state index contributed by atoms with van der Waals surface area (Å²) < 4.78 is 0. The van der Waals surface area contributed by atoms with Gasteiger partial charge in [0, 0.05) is 18.8 Å². The zero-order valence-electron chi connectivity index (χ0n) is 12.4. The van der Waals surface area contributed by atoms with E-state index >= 15 is 0 Å². The number of pyridine rings is 1. The van der Waals surface area contributed by atoms with E-state index in [-0.39, 0.29) is 11.9 Å². The van der Waals surface area contributed by atoms with Gasteiger partial charge in [0.25, 0.3) is 5.91 Å². The molecule has 0 saturated carbocycles. The van der Waals surface area contributed by atoms with Crippen molar-refractivity contribution < 1.29 is 4.79 Å². The zero-order valence-corrected chi connectivity index (χ0v) is 12.4. The summed E-state index contributed by atoms with van der Waals surface area (Å²) in [5.74, 6) is 0.593. The molecular weight excluding hydrogens is 238 g/mol. The molecule has 0 bridgehead atoms. The lowest BCUT2D eigenvalue weighted by Crippen LogP contribution is -2.34. The second-order valence-electron chi connectivity index (χ2n) is 5.08. The van der Waals surface area contributed by atoms with Crippen molar-refractivity contribution >= 4 is 11.6 Å². The molecule has 1 rings (SSSR count). The van der Waals surface area contributed by atoms with Crippen LogP contribution in [0.4, 0.5) is 5.69 Å². The number of anilines is 1. The first-order valence-electron chi connectivity index (χ1n) is 7.07. The van der Waals surface area contributed by atoms with E-state index in [9.17, 15) is 4.79 Å². The van der Waals surface area contributed by atoms with Crippen molar-refractivity contribution in [3.8, 4) is 0 Å². The Labute approximate surface area is 116 Å². The van der Waals surface area contributed by atoms with Gasteiger partial charge in [-0.25, -0.2) is 0 Å². The first-order valence-corrected chi connectivity index (χ1v) is 7.07. The van der Waals surface area contributed by atoms with Gasteiger partial charge in [-0.05, 0) is 32.3 Å². The van der Waals surface area contributed by atoms with Gasteiger partial charge in [0.1, 0.15) is 0 Å². The normalized spacial score (nSPS) is 13.7. The lowest BCUT2D eigenvalue weighted by atomic mass is 10.00. The summed E-state index contributed by atoms with van der Waals surface area (Å²) in [5.41, 5.74) is 1.45. The number of carbonyl (C=O) groups is 1. The van der Waals surface area contributed by atoms with Crippen LogP contribution in [0.5, 0.6) is 0 Å². The molecule has 0 fully saturated rings. The van der Waals surface area contributed by atoms with Crippen molar-refractivity contribution in [3.63, 3.8) is 0 Å². The van der Waals surface area contributed by atoms with Gasteiger partial charge in [-0.2, -0.15) is 0 Å². The fraction of sp³-hybridized carbons (Fsp3) is 0.600. The molecule has 0 aliphatic carbocycles. The molecule has 0 spiro atoms. The molecule has 2 unspecified atom stereocenters. The average molecular weight is 263 g/mol. The molecule has 1 amide bonds. The van der Waals surface area contributed by atoms with Gasteiger partial charge in [-0.3, -0.25) is 9.78 Å². The third kappa shape index (κ3) is 4.89. The topological polar surface area (TPSA) is 54.0 Å². The van der Waals surface area contributed by atoms with E-state index in [1.165, 1.54) is 0 Å². The minimum Gasteiger partial charge on any atom is -0.383 e. The molecule has 4 nitrogen and oxygen atoms in total. The van der Waals surface area contributed by atoms with E-state index in [4.69, 9.17) is 0 Å². The van der Waals surface area contributed by atoms with E-state index < -0.39 is 0 Å². The summed E-state index contributed by atoms with van der Waals surface area (Å²) in [7, 11) is 0. The molecular formula is C15H25N3O. The summed E-state index contributed by atoms with van der Waals surface area (Å²) in [6, 6.07) is 1.94. The number of hydrogen-bond donors (Lipinski definition) is 2. The predicted octanol–water partition coefficient (Wildman–Crippen LogP) is 3.07. The molecule has 19 heavy (non-hydrogen) atoms. The van der Waals surface area contributed by atoms with Crippen LogP contribution in [0.1, 0.15) is 50.9 Å². The summed E-state index contributed by atoms with van der Waals surface area (Å²) in [6.45, 7) is 9.21. The number of hydrogen-bond acceptors (Lipinski definition) is 3. The van der Waals surface area contributed by atoms with Crippen LogP contribution in [0.25, 0.3) is 0 Å². The monoisotopic (exact) mass is 263 g/mol. The standard InChI is InChI=1S/C15H25N3O/c1-5-11(3)9-12(4)18-15(19)13-7-8-16-10-14(13)17-6-2/h7-8,10-12,17H,5-6,9H2,1-4H3,(H,18,19). The highest BCUT2D eigenvalue weighted by Crippen LogP contribution is 2.14. The Hall–Kier alpha value is -1.58. The van der Waals surface area contributed by atoms with Gasteiger partial charge >= 0.3 is 0 Å². The molecule has 4 heteroatoms. The molecule has 106 valence electrons. The average Bonchev–Trinajstić information content (AvgIpc) is 2.39. The van der Waals surface area contributed by atoms with Crippen molar-refractivity contribution in [1.29, 1.82) is 0 Å². The zero-order chi connectivity index (χ0) is 14.3. The summed E-state index contributed by atoms with van der Waals surface area (Å²) >= 11 is 0. The van der Waals surface area contributed by atoms with Crippen LogP contribution in [-0.2, 0) is 0 Å². The second-order valence-corrected chi connectivity index (χ2v) is 5.08. The Kier molecular flexibility index (Phi) is 6.33. The van der Waals surface area contributed by atoms with Crippen molar-refractivity contribution in [1.82, 2.24) is 10.3 Å². The van der Waals surface area contributed by atoms with Crippen LogP contribution < -0.4 is 10.6 Å². The van der Waals surface area contributed by atoms with Crippen LogP contribution in [0, 0.1) is 5.92 Å². The lowest BCUT2D eigenvalue weighted by Gasteiger charge is -2.18. The number of carbonyl (C=O) groups excluding carboxylic acids is 1. The summed E-state index contributed by atoms with van der Waals surface area (Å²) in [5, 5.41) is 6.21. The van der Waals surface area contributed by atoms with Crippen molar-refractivity contribution in [2.24, 2.45) is 5.92 Å². The van der Waals surface area contributed by atoms with Crippen LogP contribution in [0.2, 0.25) is 0 Å². The van der Waals surface area contributed by atoms with Gasteiger partial charge in [0.05, 0.1) is 17.4 Å². The first kappa shape index (κ1) is 15.5. The smallest absolute Gasteiger partial charge is 0.253 e. The molecule has 0 saturated heterocycles. The maximum Gasteiger partial charge on any atom is 0.253 e. The number of rotatable bonds is 7. The highest BCUT2D eigenvalue weighted by Gasteiger charge is 2.14. The predicted molar refractivity (Wildman–Crippen MR) is 79.4 cm³/mol. The number of amides is 1. The van der Waals surface area contributed by atoms with Crippen molar-refractivity contribution in [2.45, 2.75) is 46.6 Å². The molecule has 0 aliphatic rings. The van der Waals surface area contributed by atoms with E-state index in [0.717, 1.165) is 25.1 Å². The third-order valence-electron chi connectivity index (χ3n) is 3.26. The largest absolute Gasteiger partial charge is 0.383 e. The molecule has 2 atom stereocenters. The summed E-state index contributed by atoms with van der Waals surface area (Å²) in [6.07, 6.45) is 5.48. The van der Waals surface area contributed by atoms with E-state index in [0.29, 0.717) is 11.5 Å². The van der Waals surface area contributed by atoms with Gasteiger partial charge < -0.3 is 10.6 Å². The van der Waals surface area contributed by atoms with E-state index in [1.54, 1.807) is 18.5 Å². The molecule has 1 aromatic rings. The Bertz CT molecular complexity index is 406. The maximum absolute atomic E-state index is 12.2. The third-order valence-corrected chi connectivity index (χ3v) is 3.26. The Morgan fingerprint density at radius 1 is 1.37 bits per heavy atom. The van der Waals surface area contributed by atoms with Crippen molar-refractivity contribution in [3.05, 3.63) is 24.0 Å². The molecule has 0 radical (unpaired) electrons. The number of aromatic nitrogens is 1. The van der Waals surface area contributed by atoms with E-state index in [2.05, 4.69) is 36.4 Å². The van der Waals surface area contributed by atoms with Gasteiger partial charge in [-0.1, -0.05) is 20.3 Å².